The Balaban J connectivity index is 2.18. The second-order valence-electron chi connectivity index (χ2n) is 7.00. The van der Waals surface area contributed by atoms with Crippen molar-refractivity contribution in [3.63, 3.8) is 0 Å². The van der Waals surface area contributed by atoms with Crippen LogP contribution < -0.4 is 21.5 Å². The minimum absolute atomic E-state index is 0.210. The monoisotopic (exact) mass is 365 g/mol. The van der Waals surface area contributed by atoms with Crippen LogP contribution in [0.4, 0.5) is 16.3 Å². The summed E-state index contributed by atoms with van der Waals surface area (Å²) in [6.45, 7) is 8.16. The van der Waals surface area contributed by atoms with Crippen LogP contribution in [0.25, 0.3) is 0 Å². The van der Waals surface area contributed by atoms with E-state index in [4.69, 9.17) is 15.3 Å². The standard InChI is InChI=1S/C17H27N5O4/c1-17(2,3)26-16(24)20-14-11-13(22-6-8-25-9-7-22)10-12(19-14)4-5-15(23)21-18/h10-11H,4-9,18H2,1-3H3,(H,21,23)(H,19,20,24). The number of morpholine rings is 1. The van der Waals surface area contributed by atoms with Crippen molar-refractivity contribution in [1.29, 1.82) is 0 Å². The third-order valence-electron chi connectivity index (χ3n) is 3.64. The Morgan fingerprint density at radius 1 is 1.31 bits per heavy atom. The van der Waals surface area contributed by atoms with Crippen molar-refractivity contribution in [3.05, 3.63) is 17.8 Å². The Morgan fingerprint density at radius 2 is 2.00 bits per heavy atom. The second-order valence-corrected chi connectivity index (χ2v) is 7.00. The maximum absolute atomic E-state index is 12.1. The molecule has 4 N–H and O–H groups in total. The molecule has 0 unspecified atom stereocenters. The van der Waals surface area contributed by atoms with Crippen LogP contribution >= 0.6 is 0 Å². The van der Waals surface area contributed by atoms with Gasteiger partial charge in [-0.1, -0.05) is 0 Å². The molecule has 0 saturated carbocycles. The van der Waals surface area contributed by atoms with E-state index in [1.165, 1.54) is 0 Å². The Morgan fingerprint density at radius 3 is 2.62 bits per heavy atom. The van der Waals surface area contributed by atoms with E-state index in [2.05, 4.69) is 20.6 Å². The third-order valence-corrected chi connectivity index (χ3v) is 3.64. The third kappa shape index (κ3) is 6.49. The van der Waals surface area contributed by atoms with E-state index < -0.39 is 11.7 Å². The molecule has 1 fully saturated rings. The van der Waals surface area contributed by atoms with Crippen LogP contribution in [-0.2, 0) is 20.7 Å². The second kappa shape index (κ2) is 8.81. The fraction of sp³-hybridized carbons (Fsp3) is 0.588. The van der Waals surface area contributed by atoms with Crippen molar-refractivity contribution in [2.24, 2.45) is 5.84 Å². The minimum atomic E-state index is -0.603. The number of rotatable bonds is 5. The van der Waals surface area contributed by atoms with E-state index in [0.29, 0.717) is 31.1 Å². The molecule has 9 nitrogen and oxygen atoms in total. The minimum Gasteiger partial charge on any atom is -0.444 e. The van der Waals surface area contributed by atoms with E-state index in [-0.39, 0.29) is 12.3 Å². The number of ether oxygens (including phenoxy) is 2. The highest BCUT2D eigenvalue weighted by molar-refractivity contribution is 5.84. The Kier molecular flexibility index (Phi) is 6.76. The molecule has 1 saturated heterocycles. The molecule has 1 aromatic rings. The number of hydrogen-bond acceptors (Lipinski definition) is 7. The number of carbonyl (C=O) groups excluding carboxylic acids is 2. The van der Waals surface area contributed by atoms with Crippen LogP contribution in [0, 0.1) is 0 Å². The molecule has 0 radical (unpaired) electrons. The number of aryl methyl sites for hydroxylation is 1. The molecule has 2 heterocycles. The average molecular weight is 365 g/mol. The highest BCUT2D eigenvalue weighted by Crippen LogP contribution is 2.22. The highest BCUT2D eigenvalue weighted by Gasteiger charge is 2.18. The van der Waals surface area contributed by atoms with E-state index in [9.17, 15) is 9.59 Å². The largest absolute Gasteiger partial charge is 0.444 e. The molecule has 1 aliphatic heterocycles. The fourth-order valence-corrected chi connectivity index (χ4v) is 2.49. The number of nitrogens with one attached hydrogen (secondary N) is 2. The number of aromatic nitrogens is 1. The van der Waals surface area contributed by atoms with Gasteiger partial charge in [-0.15, -0.1) is 0 Å². The lowest BCUT2D eigenvalue weighted by Crippen LogP contribution is -2.36. The van der Waals surface area contributed by atoms with Crippen molar-refractivity contribution in [2.45, 2.75) is 39.2 Å². The van der Waals surface area contributed by atoms with Gasteiger partial charge in [0.2, 0.25) is 5.91 Å². The molecule has 26 heavy (non-hydrogen) atoms. The van der Waals surface area contributed by atoms with Crippen molar-refractivity contribution in [2.75, 3.05) is 36.5 Å². The number of nitrogens with two attached hydrogens (primary N) is 1. The molecule has 1 aromatic heterocycles. The predicted molar refractivity (Wildman–Crippen MR) is 97.8 cm³/mol. The summed E-state index contributed by atoms with van der Waals surface area (Å²) in [5.41, 5.74) is 3.10. The summed E-state index contributed by atoms with van der Waals surface area (Å²) in [4.78, 5) is 30.0. The van der Waals surface area contributed by atoms with Gasteiger partial charge in [0.1, 0.15) is 11.4 Å². The van der Waals surface area contributed by atoms with Gasteiger partial charge in [0.05, 0.1) is 13.2 Å². The first-order valence-corrected chi connectivity index (χ1v) is 8.60. The number of anilines is 2. The average Bonchev–Trinajstić information content (AvgIpc) is 2.58. The van der Waals surface area contributed by atoms with Crippen LogP contribution in [0.5, 0.6) is 0 Å². The summed E-state index contributed by atoms with van der Waals surface area (Å²) >= 11 is 0. The normalized spacial score (nSPS) is 14.7. The lowest BCUT2D eigenvalue weighted by Gasteiger charge is -2.29. The molecule has 1 aliphatic rings. The summed E-state index contributed by atoms with van der Waals surface area (Å²) in [7, 11) is 0. The lowest BCUT2D eigenvalue weighted by molar-refractivity contribution is -0.121. The van der Waals surface area contributed by atoms with Crippen molar-refractivity contribution >= 4 is 23.5 Å². The van der Waals surface area contributed by atoms with E-state index in [1.807, 2.05) is 6.07 Å². The van der Waals surface area contributed by atoms with Gasteiger partial charge in [0.15, 0.2) is 0 Å². The maximum atomic E-state index is 12.1. The smallest absolute Gasteiger partial charge is 0.413 e. The molecule has 0 aliphatic carbocycles. The number of hydrogen-bond donors (Lipinski definition) is 3. The van der Waals surface area contributed by atoms with Crippen molar-refractivity contribution in [3.8, 4) is 0 Å². The summed E-state index contributed by atoms with van der Waals surface area (Å²) < 4.78 is 10.7. The predicted octanol–water partition coefficient (Wildman–Crippen LogP) is 1.19. The molecule has 144 valence electrons. The zero-order chi connectivity index (χ0) is 19.2. The first-order chi connectivity index (χ1) is 12.3. The van der Waals surface area contributed by atoms with E-state index in [0.717, 1.165) is 18.8 Å². The van der Waals surface area contributed by atoms with E-state index >= 15 is 0 Å². The molecule has 9 heteroatoms. The number of nitrogens with zero attached hydrogens (tertiary/aromatic N) is 2. The highest BCUT2D eigenvalue weighted by atomic mass is 16.6. The Bertz CT molecular complexity index is 639. The molecular formula is C17H27N5O4. The lowest BCUT2D eigenvalue weighted by atomic mass is 10.2. The van der Waals surface area contributed by atoms with Crippen molar-refractivity contribution < 1.29 is 19.1 Å². The maximum Gasteiger partial charge on any atom is 0.413 e. The molecule has 0 aromatic carbocycles. The number of hydrazine groups is 1. The molecule has 2 rings (SSSR count). The van der Waals surface area contributed by atoms with Gasteiger partial charge in [-0.3, -0.25) is 15.5 Å². The van der Waals surface area contributed by atoms with Crippen molar-refractivity contribution in [1.82, 2.24) is 10.4 Å². The first-order valence-electron chi connectivity index (χ1n) is 8.60. The van der Waals surface area contributed by atoms with Gasteiger partial charge in [0.25, 0.3) is 0 Å². The van der Waals surface area contributed by atoms with Crippen LogP contribution in [0.3, 0.4) is 0 Å². The molecular weight excluding hydrogens is 338 g/mol. The molecule has 2 amide bonds. The van der Waals surface area contributed by atoms with Gasteiger partial charge in [-0.2, -0.15) is 0 Å². The van der Waals surface area contributed by atoms with Gasteiger partial charge in [0, 0.05) is 37.0 Å². The number of pyridine rings is 1. The van der Waals surface area contributed by atoms with Crippen LogP contribution in [0.1, 0.15) is 32.9 Å². The zero-order valence-corrected chi connectivity index (χ0v) is 15.5. The topological polar surface area (TPSA) is 119 Å². The van der Waals surface area contributed by atoms with Crippen LogP contribution in [0.2, 0.25) is 0 Å². The summed E-state index contributed by atoms with van der Waals surface area (Å²) in [5.74, 6) is 5.23. The molecule has 0 atom stereocenters. The summed E-state index contributed by atoms with van der Waals surface area (Å²) in [6, 6.07) is 3.71. The zero-order valence-electron chi connectivity index (χ0n) is 15.5. The van der Waals surface area contributed by atoms with Gasteiger partial charge < -0.3 is 14.4 Å². The van der Waals surface area contributed by atoms with Gasteiger partial charge in [-0.05, 0) is 33.3 Å². The molecule has 0 spiro atoms. The Labute approximate surface area is 153 Å². The SMILES string of the molecule is CC(C)(C)OC(=O)Nc1cc(N2CCOCC2)cc(CCC(=O)NN)n1. The number of carbonyl (C=O) groups is 2. The Hall–Kier alpha value is -2.39. The summed E-state index contributed by atoms with van der Waals surface area (Å²) in [6.07, 6.45) is 0.0429. The quantitative estimate of drug-likeness (QED) is 0.407. The fourth-order valence-electron chi connectivity index (χ4n) is 2.49. The van der Waals surface area contributed by atoms with Gasteiger partial charge in [-0.25, -0.2) is 15.6 Å². The number of amides is 2. The van der Waals surface area contributed by atoms with E-state index in [1.54, 1.807) is 26.8 Å². The van der Waals surface area contributed by atoms with Crippen LogP contribution in [-0.4, -0.2) is 48.9 Å². The van der Waals surface area contributed by atoms with Crippen LogP contribution in [0.15, 0.2) is 12.1 Å². The first kappa shape index (κ1) is 19.9. The summed E-state index contributed by atoms with van der Waals surface area (Å²) in [5, 5.41) is 2.66. The molecule has 0 bridgehead atoms. The van der Waals surface area contributed by atoms with Gasteiger partial charge >= 0.3 is 6.09 Å².